The van der Waals surface area contributed by atoms with E-state index < -0.39 is 17.9 Å². The molecule has 20 heavy (non-hydrogen) atoms. The van der Waals surface area contributed by atoms with Crippen LogP contribution in [0.4, 0.5) is 23.2 Å². The van der Waals surface area contributed by atoms with Crippen molar-refractivity contribution < 1.29 is 22.3 Å². The van der Waals surface area contributed by atoms with Crippen molar-refractivity contribution in [1.82, 2.24) is 0 Å². The predicted octanol–water partition coefficient (Wildman–Crippen LogP) is 4.63. The minimum atomic E-state index is -4.80. The minimum Gasteiger partial charge on any atom is -0.406 e. The standard InChI is InChI=1S/C13H8ClF4NO/c14-11-9(4-5-10(19)12(11)15)7-2-1-3-8(6-7)20-13(16,17)18/h1-6H,19H2. The number of nitrogen functional groups attached to an aromatic ring is 1. The maximum atomic E-state index is 13.6. The Morgan fingerprint density at radius 1 is 1.10 bits per heavy atom. The molecule has 2 rings (SSSR count). The zero-order valence-electron chi connectivity index (χ0n) is 9.84. The van der Waals surface area contributed by atoms with Gasteiger partial charge in [-0.1, -0.05) is 29.8 Å². The van der Waals surface area contributed by atoms with Crippen LogP contribution in [-0.4, -0.2) is 6.36 Å². The van der Waals surface area contributed by atoms with Crippen molar-refractivity contribution >= 4 is 17.3 Å². The smallest absolute Gasteiger partial charge is 0.406 e. The van der Waals surface area contributed by atoms with Crippen molar-refractivity contribution in [2.75, 3.05) is 5.73 Å². The van der Waals surface area contributed by atoms with E-state index in [-0.39, 0.29) is 21.8 Å². The van der Waals surface area contributed by atoms with E-state index in [9.17, 15) is 17.6 Å². The lowest BCUT2D eigenvalue weighted by molar-refractivity contribution is -0.274. The van der Waals surface area contributed by atoms with Crippen LogP contribution in [0.25, 0.3) is 11.1 Å². The zero-order valence-corrected chi connectivity index (χ0v) is 10.6. The Morgan fingerprint density at radius 3 is 2.45 bits per heavy atom. The molecular formula is C13H8ClF4NO. The molecule has 0 fully saturated rings. The first-order chi connectivity index (χ1) is 9.28. The molecule has 0 amide bonds. The lowest BCUT2D eigenvalue weighted by Gasteiger charge is -2.11. The van der Waals surface area contributed by atoms with Gasteiger partial charge in [0.1, 0.15) is 5.75 Å². The molecule has 0 atom stereocenters. The normalized spacial score (nSPS) is 11.4. The molecule has 2 N–H and O–H groups in total. The number of hydrogen-bond acceptors (Lipinski definition) is 2. The molecule has 0 bridgehead atoms. The van der Waals surface area contributed by atoms with Crippen LogP contribution in [-0.2, 0) is 0 Å². The van der Waals surface area contributed by atoms with Crippen molar-refractivity contribution in [1.29, 1.82) is 0 Å². The third-order valence-corrected chi connectivity index (χ3v) is 2.86. The van der Waals surface area contributed by atoms with Crippen LogP contribution < -0.4 is 10.5 Å². The molecule has 0 unspecified atom stereocenters. The van der Waals surface area contributed by atoms with E-state index in [2.05, 4.69) is 4.74 Å². The second kappa shape index (κ2) is 5.20. The van der Waals surface area contributed by atoms with Gasteiger partial charge in [-0.15, -0.1) is 13.2 Å². The first kappa shape index (κ1) is 14.5. The Labute approximate surface area is 116 Å². The molecule has 0 spiro atoms. The molecule has 0 saturated heterocycles. The van der Waals surface area contributed by atoms with Gasteiger partial charge in [0.15, 0.2) is 5.82 Å². The minimum absolute atomic E-state index is 0.138. The van der Waals surface area contributed by atoms with Crippen molar-refractivity contribution in [3.05, 3.63) is 47.2 Å². The summed E-state index contributed by atoms with van der Waals surface area (Å²) in [5.74, 6) is -1.23. The maximum absolute atomic E-state index is 13.6. The van der Waals surface area contributed by atoms with E-state index in [1.165, 1.54) is 24.3 Å². The third kappa shape index (κ3) is 3.14. The van der Waals surface area contributed by atoms with Crippen molar-refractivity contribution in [3.8, 4) is 16.9 Å². The molecular weight excluding hydrogens is 298 g/mol. The fraction of sp³-hybridized carbons (Fsp3) is 0.0769. The molecule has 7 heteroatoms. The highest BCUT2D eigenvalue weighted by Gasteiger charge is 2.31. The van der Waals surface area contributed by atoms with Gasteiger partial charge in [-0.05, 0) is 23.8 Å². The fourth-order valence-corrected chi connectivity index (χ4v) is 1.93. The van der Waals surface area contributed by atoms with Gasteiger partial charge < -0.3 is 10.5 Å². The Kier molecular flexibility index (Phi) is 3.76. The van der Waals surface area contributed by atoms with Crippen LogP contribution in [0.2, 0.25) is 5.02 Å². The number of rotatable bonds is 2. The first-order valence-electron chi connectivity index (χ1n) is 5.37. The molecule has 0 aliphatic carbocycles. The van der Waals surface area contributed by atoms with E-state index in [0.717, 1.165) is 12.1 Å². The second-order valence-electron chi connectivity index (χ2n) is 3.91. The third-order valence-electron chi connectivity index (χ3n) is 2.49. The van der Waals surface area contributed by atoms with Gasteiger partial charge in [0.25, 0.3) is 0 Å². The van der Waals surface area contributed by atoms with Crippen LogP contribution in [0.3, 0.4) is 0 Å². The molecule has 2 aromatic carbocycles. The number of nitrogens with two attached hydrogens (primary N) is 1. The number of benzene rings is 2. The lowest BCUT2D eigenvalue weighted by Crippen LogP contribution is -2.17. The van der Waals surface area contributed by atoms with Crippen LogP contribution >= 0.6 is 11.6 Å². The van der Waals surface area contributed by atoms with E-state index in [0.29, 0.717) is 0 Å². The summed E-state index contributed by atoms with van der Waals surface area (Å²) in [4.78, 5) is 0. The Bertz CT molecular complexity index is 643. The SMILES string of the molecule is Nc1ccc(-c2cccc(OC(F)(F)F)c2)c(Cl)c1F. The highest BCUT2D eigenvalue weighted by Crippen LogP contribution is 2.35. The first-order valence-corrected chi connectivity index (χ1v) is 5.75. The van der Waals surface area contributed by atoms with Crippen molar-refractivity contribution in [3.63, 3.8) is 0 Å². The molecule has 0 radical (unpaired) electrons. The lowest BCUT2D eigenvalue weighted by atomic mass is 10.0. The molecule has 0 saturated carbocycles. The van der Waals surface area contributed by atoms with E-state index in [4.69, 9.17) is 17.3 Å². The number of hydrogen-bond donors (Lipinski definition) is 1. The molecule has 0 aliphatic rings. The summed E-state index contributed by atoms with van der Waals surface area (Å²) in [5, 5.41) is -0.255. The molecule has 2 nitrogen and oxygen atoms in total. The predicted molar refractivity (Wildman–Crippen MR) is 67.9 cm³/mol. The number of alkyl halides is 3. The van der Waals surface area contributed by atoms with Gasteiger partial charge in [0.05, 0.1) is 10.7 Å². The zero-order chi connectivity index (χ0) is 14.9. The number of ether oxygens (including phenoxy) is 1. The summed E-state index contributed by atoms with van der Waals surface area (Å²) in [6.07, 6.45) is -4.80. The van der Waals surface area contributed by atoms with E-state index in [1.807, 2.05) is 0 Å². The Hall–Kier alpha value is -1.95. The number of halogens is 5. The average Bonchev–Trinajstić information content (AvgIpc) is 2.34. The quantitative estimate of drug-likeness (QED) is 0.648. The maximum Gasteiger partial charge on any atom is 0.573 e. The van der Waals surface area contributed by atoms with Crippen LogP contribution in [0.15, 0.2) is 36.4 Å². The Balaban J connectivity index is 2.44. The van der Waals surface area contributed by atoms with Gasteiger partial charge in [0.2, 0.25) is 0 Å². The molecule has 0 heterocycles. The van der Waals surface area contributed by atoms with Gasteiger partial charge >= 0.3 is 6.36 Å². The summed E-state index contributed by atoms with van der Waals surface area (Å²) in [5.41, 5.74) is 5.73. The summed E-state index contributed by atoms with van der Waals surface area (Å²) in [7, 11) is 0. The van der Waals surface area contributed by atoms with E-state index >= 15 is 0 Å². The summed E-state index contributed by atoms with van der Waals surface area (Å²) < 4.78 is 53.8. The topological polar surface area (TPSA) is 35.2 Å². The molecule has 0 aromatic heterocycles. The second-order valence-corrected chi connectivity index (χ2v) is 4.28. The Morgan fingerprint density at radius 2 is 1.80 bits per heavy atom. The van der Waals surface area contributed by atoms with Crippen LogP contribution in [0.1, 0.15) is 0 Å². The van der Waals surface area contributed by atoms with Crippen LogP contribution in [0.5, 0.6) is 5.75 Å². The van der Waals surface area contributed by atoms with Crippen LogP contribution in [0, 0.1) is 5.82 Å². The molecule has 106 valence electrons. The van der Waals surface area contributed by atoms with Crippen molar-refractivity contribution in [2.45, 2.75) is 6.36 Å². The number of anilines is 1. The van der Waals surface area contributed by atoms with Crippen molar-refractivity contribution in [2.24, 2.45) is 0 Å². The van der Waals surface area contributed by atoms with Gasteiger partial charge in [-0.25, -0.2) is 4.39 Å². The van der Waals surface area contributed by atoms with Gasteiger partial charge in [-0.2, -0.15) is 0 Å². The van der Waals surface area contributed by atoms with Gasteiger partial charge in [0, 0.05) is 5.56 Å². The largest absolute Gasteiger partial charge is 0.573 e. The summed E-state index contributed by atoms with van der Waals surface area (Å²) in [6, 6.07) is 7.80. The fourth-order valence-electron chi connectivity index (χ4n) is 1.65. The average molecular weight is 306 g/mol. The molecule has 2 aromatic rings. The van der Waals surface area contributed by atoms with Gasteiger partial charge in [-0.3, -0.25) is 0 Å². The highest BCUT2D eigenvalue weighted by atomic mass is 35.5. The highest BCUT2D eigenvalue weighted by molar-refractivity contribution is 6.33. The summed E-state index contributed by atoms with van der Waals surface area (Å²) >= 11 is 5.80. The molecule has 0 aliphatic heterocycles. The monoisotopic (exact) mass is 305 g/mol. The summed E-state index contributed by atoms with van der Waals surface area (Å²) in [6.45, 7) is 0. The van der Waals surface area contributed by atoms with E-state index in [1.54, 1.807) is 0 Å².